The lowest BCUT2D eigenvalue weighted by molar-refractivity contribution is 0.0744. The lowest BCUT2D eigenvalue weighted by Crippen LogP contribution is -2.32. The van der Waals surface area contributed by atoms with Gasteiger partial charge in [0.05, 0.1) is 30.3 Å². The number of anilines is 4. The van der Waals surface area contributed by atoms with E-state index < -0.39 is 0 Å². The standard InChI is InChI=1S/C20H30N8O2/c1-28(7-8-30-2)20(29)15-11-25-18(27-19-13-24-17(21)12-26-19)9-16(15)23-10-14-3-5-22-6-4-14/h9,11-14,22H,3-8,10H2,1-2H3,(H2,21,24)(H2,23,25,26,27). The van der Waals surface area contributed by atoms with E-state index in [2.05, 4.69) is 30.9 Å². The minimum atomic E-state index is -0.105. The first-order valence-corrected chi connectivity index (χ1v) is 10.1. The summed E-state index contributed by atoms with van der Waals surface area (Å²) in [4.78, 5) is 27.2. The Hall–Kier alpha value is -2.98. The third-order valence-electron chi connectivity index (χ3n) is 5.08. The number of nitrogen functional groups attached to an aromatic ring is 1. The first kappa shape index (κ1) is 21.7. The molecule has 0 aromatic carbocycles. The summed E-state index contributed by atoms with van der Waals surface area (Å²) < 4.78 is 5.09. The summed E-state index contributed by atoms with van der Waals surface area (Å²) >= 11 is 0. The number of aromatic nitrogens is 3. The van der Waals surface area contributed by atoms with E-state index in [9.17, 15) is 4.79 Å². The van der Waals surface area contributed by atoms with Crippen molar-refractivity contribution in [2.45, 2.75) is 12.8 Å². The van der Waals surface area contributed by atoms with Crippen LogP contribution in [-0.4, -0.2) is 72.7 Å². The van der Waals surface area contributed by atoms with Crippen molar-refractivity contribution >= 4 is 29.0 Å². The van der Waals surface area contributed by atoms with Crippen molar-refractivity contribution in [3.05, 3.63) is 30.2 Å². The third-order valence-corrected chi connectivity index (χ3v) is 5.08. The first-order valence-electron chi connectivity index (χ1n) is 10.1. The van der Waals surface area contributed by atoms with E-state index in [-0.39, 0.29) is 5.91 Å². The fourth-order valence-corrected chi connectivity index (χ4v) is 3.25. The summed E-state index contributed by atoms with van der Waals surface area (Å²) in [5, 5.41) is 9.95. The molecule has 2 aromatic rings. The van der Waals surface area contributed by atoms with E-state index in [0.717, 1.165) is 38.2 Å². The van der Waals surface area contributed by atoms with Crippen LogP contribution < -0.4 is 21.7 Å². The number of pyridine rings is 1. The van der Waals surface area contributed by atoms with Gasteiger partial charge in [-0.1, -0.05) is 0 Å². The third kappa shape index (κ3) is 6.01. The van der Waals surface area contributed by atoms with Gasteiger partial charge in [0.1, 0.15) is 17.5 Å². The van der Waals surface area contributed by atoms with Gasteiger partial charge in [0.2, 0.25) is 0 Å². The Morgan fingerprint density at radius 2 is 2.00 bits per heavy atom. The van der Waals surface area contributed by atoms with Crippen LogP contribution in [0.15, 0.2) is 24.7 Å². The summed E-state index contributed by atoms with van der Waals surface area (Å²) in [7, 11) is 3.38. The average Bonchev–Trinajstić information content (AvgIpc) is 2.78. The van der Waals surface area contributed by atoms with Crippen molar-refractivity contribution in [3.8, 4) is 0 Å². The molecule has 10 heteroatoms. The van der Waals surface area contributed by atoms with E-state index >= 15 is 0 Å². The number of hydrogen-bond donors (Lipinski definition) is 4. The van der Waals surface area contributed by atoms with Crippen molar-refractivity contribution in [2.75, 3.05) is 63.3 Å². The molecule has 2 aromatic heterocycles. The molecule has 1 amide bonds. The number of methoxy groups -OCH3 is 1. The van der Waals surface area contributed by atoms with E-state index in [1.165, 1.54) is 12.4 Å². The molecule has 5 N–H and O–H groups in total. The van der Waals surface area contributed by atoms with Gasteiger partial charge in [0.15, 0.2) is 0 Å². The Morgan fingerprint density at radius 1 is 1.23 bits per heavy atom. The number of carbonyl (C=O) groups excluding carboxylic acids is 1. The second kappa shape index (κ2) is 10.7. The van der Waals surface area contributed by atoms with Gasteiger partial charge in [-0.2, -0.15) is 0 Å². The maximum absolute atomic E-state index is 13.0. The molecule has 30 heavy (non-hydrogen) atoms. The van der Waals surface area contributed by atoms with Crippen LogP contribution >= 0.6 is 0 Å². The summed E-state index contributed by atoms with van der Waals surface area (Å²) in [6.07, 6.45) is 6.82. The number of rotatable bonds is 9. The number of nitrogens with zero attached hydrogens (tertiary/aromatic N) is 4. The number of likely N-dealkylation sites (N-methyl/N-ethyl adjacent to an activating group) is 1. The van der Waals surface area contributed by atoms with Gasteiger partial charge in [0.25, 0.3) is 5.91 Å². The highest BCUT2D eigenvalue weighted by Crippen LogP contribution is 2.23. The molecule has 10 nitrogen and oxygen atoms in total. The van der Waals surface area contributed by atoms with Crippen LogP contribution in [0.1, 0.15) is 23.2 Å². The van der Waals surface area contributed by atoms with Crippen LogP contribution in [0.3, 0.4) is 0 Å². The van der Waals surface area contributed by atoms with Crippen LogP contribution in [0.5, 0.6) is 0 Å². The predicted molar refractivity (Wildman–Crippen MR) is 117 cm³/mol. The molecule has 0 radical (unpaired) electrons. The number of carbonyl (C=O) groups is 1. The normalized spacial score (nSPS) is 14.3. The Bertz CT molecular complexity index is 824. The molecule has 1 aliphatic heterocycles. The lowest BCUT2D eigenvalue weighted by Gasteiger charge is -2.24. The van der Waals surface area contributed by atoms with Gasteiger partial charge in [-0.05, 0) is 31.8 Å². The van der Waals surface area contributed by atoms with Crippen LogP contribution in [0.25, 0.3) is 0 Å². The van der Waals surface area contributed by atoms with Crippen molar-refractivity contribution in [1.29, 1.82) is 0 Å². The monoisotopic (exact) mass is 414 g/mol. The maximum Gasteiger partial charge on any atom is 0.257 e. The predicted octanol–water partition coefficient (Wildman–Crippen LogP) is 1.33. The SMILES string of the molecule is COCCN(C)C(=O)c1cnc(Nc2cnc(N)cn2)cc1NCC1CCNCC1. The Balaban J connectivity index is 1.78. The topological polar surface area (TPSA) is 130 Å². The lowest BCUT2D eigenvalue weighted by atomic mass is 9.98. The molecule has 3 heterocycles. The molecule has 0 unspecified atom stereocenters. The number of ether oxygens (including phenoxy) is 1. The first-order chi connectivity index (χ1) is 14.6. The number of piperidine rings is 1. The van der Waals surface area contributed by atoms with E-state index in [0.29, 0.717) is 42.1 Å². The van der Waals surface area contributed by atoms with Gasteiger partial charge in [-0.3, -0.25) is 4.79 Å². The number of nitrogens with one attached hydrogen (secondary N) is 3. The Kier molecular flexibility index (Phi) is 7.75. The maximum atomic E-state index is 13.0. The zero-order chi connectivity index (χ0) is 21.3. The van der Waals surface area contributed by atoms with Gasteiger partial charge >= 0.3 is 0 Å². The Morgan fingerprint density at radius 3 is 2.70 bits per heavy atom. The molecule has 0 aliphatic carbocycles. The summed E-state index contributed by atoms with van der Waals surface area (Å²) in [5.41, 5.74) is 6.85. The Labute approximate surface area is 176 Å². The van der Waals surface area contributed by atoms with Gasteiger partial charge in [-0.15, -0.1) is 0 Å². The molecule has 162 valence electrons. The van der Waals surface area contributed by atoms with Gasteiger partial charge in [-0.25, -0.2) is 15.0 Å². The van der Waals surface area contributed by atoms with E-state index in [4.69, 9.17) is 10.5 Å². The highest BCUT2D eigenvalue weighted by atomic mass is 16.5. The number of nitrogens with two attached hydrogens (primary N) is 1. The van der Waals surface area contributed by atoms with Crippen molar-refractivity contribution in [1.82, 2.24) is 25.2 Å². The fraction of sp³-hybridized carbons (Fsp3) is 0.500. The quantitative estimate of drug-likeness (QED) is 0.480. The molecule has 1 fully saturated rings. The molecular formula is C20H30N8O2. The molecule has 0 saturated carbocycles. The molecule has 0 atom stereocenters. The largest absolute Gasteiger partial charge is 0.384 e. The summed E-state index contributed by atoms with van der Waals surface area (Å²) in [5.74, 6) is 1.90. The zero-order valence-electron chi connectivity index (χ0n) is 17.5. The molecule has 0 spiro atoms. The number of hydrogen-bond acceptors (Lipinski definition) is 9. The van der Waals surface area contributed by atoms with Crippen LogP contribution in [0.4, 0.5) is 23.1 Å². The second-order valence-electron chi connectivity index (χ2n) is 7.36. The fourth-order valence-electron chi connectivity index (χ4n) is 3.25. The van der Waals surface area contributed by atoms with E-state index in [1.54, 1.807) is 25.3 Å². The van der Waals surface area contributed by atoms with Crippen LogP contribution in [-0.2, 0) is 4.74 Å². The molecule has 3 rings (SSSR count). The van der Waals surface area contributed by atoms with Crippen molar-refractivity contribution in [2.24, 2.45) is 5.92 Å². The minimum Gasteiger partial charge on any atom is -0.384 e. The van der Waals surface area contributed by atoms with Crippen LogP contribution in [0, 0.1) is 5.92 Å². The smallest absolute Gasteiger partial charge is 0.257 e. The van der Waals surface area contributed by atoms with Crippen molar-refractivity contribution in [3.63, 3.8) is 0 Å². The highest BCUT2D eigenvalue weighted by Gasteiger charge is 2.19. The highest BCUT2D eigenvalue weighted by molar-refractivity contribution is 5.99. The van der Waals surface area contributed by atoms with Crippen LogP contribution in [0.2, 0.25) is 0 Å². The molecule has 0 bridgehead atoms. The second-order valence-corrected chi connectivity index (χ2v) is 7.36. The zero-order valence-corrected chi connectivity index (χ0v) is 17.5. The van der Waals surface area contributed by atoms with Gasteiger partial charge in [0, 0.05) is 39.5 Å². The molecule has 1 aliphatic rings. The minimum absolute atomic E-state index is 0.105. The number of amides is 1. The summed E-state index contributed by atoms with van der Waals surface area (Å²) in [6, 6.07) is 1.83. The van der Waals surface area contributed by atoms with E-state index in [1.807, 2.05) is 6.07 Å². The summed E-state index contributed by atoms with van der Waals surface area (Å²) in [6.45, 7) is 3.83. The average molecular weight is 415 g/mol. The van der Waals surface area contributed by atoms with Crippen molar-refractivity contribution < 1.29 is 9.53 Å². The molecule has 1 saturated heterocycles. The van der Waals surface area contributed by atoms with Gasteiger partial charge < -0.3 is 31.3 Å². The molecular weight excluding hydrogens is 384 g/mol.